The number of carbonyl (C=O) groups is 1. The van der Waals surface area contributed by atoms with Crippen LogP contribution in [0.3, 0.4) is 0 Å². The minimum atomic E-state index is -0.408. The number of hydrogen-bond acceptors (Lipinski definition) is 4. The summed E-state index contributed by atoms with van der Waals surface area (Å²) in [7, 11) is 0. The maximum Gasteiger partial charge on any atom is 0.356 e. The second-order valence-corrected chi connectivity index (χ2v) is 4.25. The van der Waals surface area contributed by atoms with Crippen molar-refractivity contribution in [3.05, 3.63) is 29.0 Å². The Hall–Kier alpha value is -1.13. The lowest BCUT2D eigenvalue weighted by Crippen LogP contribution is -2.17. The van der Waals surface area contributed by atoms with Crippen LogP contribution in [0.5, 0.6) is 0 Å². The predicted octanol–water partition coefficient (Wildman–Crippen LogP) is 1.50. The van der Waals surface area contributed by atoms with Gasteiger partial charge in [0.2, 0.25) is 0 Å². The van der Waals surface area contributed by atoms with Crippen LogP contribution >= 0.6 is 11.6 Å². The highest BCUT2D eigenvalue weighted by Crippen LogP contribution is 2.11. The van der Waals surface area contributed by atoms with Crippen LogP contribution < -0.4 is 5.32 Å². The molecule has 0 saturated carbocycles. The monoisotopic (exact) mass is 240 g/mol. The van der Waals surface area contributed by atoms with Gasteiger partial charge in [-0.15, -0.1) is 0 Å². The highest BCUT2D eigenvalue weighted by molar-refractivity contribution is 6.30. The fraction of sp³-hybridized carbons (Fsp3) is 0.455. The first kappa shape index (κ1) is 11.4. The summed E-state index contributed by atoms with van der Waals surface area (Å²) in [4.78, 5) is 15.5. The molecule has 4 nitrogen and oxygen atoms in total. The van der Waals surface area contributed by atoms with Crippen molar-refractivity contribution in [2.24, 2.45) is 5.92 Å². The molecule has 2 heterocycles. The average molecular weight is 241 g/mol. The second kappa shape index (κ2) is 5.27. The molecule has 5 heteroatoms. The Balaban J connectivity index is 1.87. The van der Waals surface area contributed by atoms with Crippen LogP contribution in [0, 0.1) is 5.92 Å². The minimum Gasteiger partial charge on any atom is -0.461 e. The van der Waals surface area contributed by atoms with Crippen molar-refractivity contribution in [2.75, 3.05) is 19.7 Å². The number of halogens is 1. The molecule has 1 saturated heterocycles. The van der Waals surface area contributed by atoms with Gasteiger partial charge < -0.3 is 10.1 Å². The van der Waals surface area contributed by atoms with Gasteiger partial charge in [0.15, 0.2) is 0 Å². The summed E-state index contributed by atoms with van der Waals surface area (Å²) in [6.07, 6.45) is 2.55. The van der Waals surface area contributed by atoms with Gasteiger partial charge in [-0.05, 0) is 25.1 Å². The Morgan fingerprint density at radius 3 is 3.25 bits per heavy atom. The molecule has 0 unspecified atom stereocenters. The van der Waals surface area contributed by atoms with Crippen LogP contribution in [0.4, 0.5) is 0 Å². The van der Waals surface area contributed by atoms with E-state index in [4.69, 9.17) is 16.3 Å². The third kappa shape index (κ3) is 2.93. The first-order valence-electron chi connectivity index (χ1n) is 5.25. The zero-order chi connectivity index (χ0) is 11.4. The molecular formula is C11H13ClN2O2. The van der Waals surface area contributed by atoms with Crippen LogP contribution in [0.25, 0.3) is 0 Å². The molecule has 1 N–H and O–H groups in total. The van der Waals surface area contributed by atoms with Gasteiger partial charge in [0.1, 0.15) is 5.69 Å². The summed E-state index contributed by atoms with van der Waals surface area (Å²) >= 11 is 5.76. The summed E-state index contributed by atoms with van der Waals surface area (Å²) in [5.74, 6) is 0.0116. The SMILES string of the molecule is O=C(OC[C@H]1CCNC1)c1cc(Cl)ccn1. The predicted molar refractivity (Wildman–Crippen MR) is 60.5 cm³/mol. The first-order valence-corrected chi connectivity index (χ1v) is 5.63. The van der Waals surface area contributed by atoms with Gasteiger partial charge in [0, 0.05) is 23.7 Å². The molecule has 16 heavy (non-hydrogen) atoms. The molecule has 1 aromatic rings. The molecule has 0 amide bonds. The molecule has 0 aromatic carbocycles. The van der Waals surface area contributed by atoms with Gasteiger partial charge in [-0.2, -0.15) is 0 Å². The van der Waals surface area contributed by atoms with Gasteiger partial charge in [0.05, 0.1) is 6.61 Å². The van der Waals surface area contributed by atoms with Crippen molar-refractivity contribution in [3.63, 3.8) is 0 Å². The number of carbonyl (C=O) groups excluding carboxylic acids is 1. The van der Waals surface area contributed by atoms with E-state index in [1.165, 1.54) is 12.3 Å². The quantitative estimate of drug-likeness (QED) is 0.814. The number of hydrogen-bond donors (Lipinski definition) is 1. The van der Waals surface area contributed by atoms with Gasteiger partial charge in [-0.3, -0.25) is 0 Å². The van der Waals surface area contributed by atoms with Gasteiger partial charge in [0.25, 0.3) is 0 Å². The molecule has 0 bridgehead atoms. The number of nitrogens with one attached hydrogen (secondary N) is 1. The first-order chi connectivity index (χ1) is 7.75. The Bertz CT molecular complexity index is 378. The Morgan fingerprint density at radius 2 is 2.56 bits per heavy atom. The fourth-order valence-electron chi connectivity index (χ4n) is 1.64. The minimum absolute atomic E-state index is 0.262. The van der Waals surface area contributed by atoms with E-state index in [0.29, 0.717) is 17.5 Å². The molecular weight excluding hydrogens is 228 g/mol. The summed E-state index contributed by atoms with van der Waals surface area (Å²) in [5.41, 5.74) is 0.262. The van der Waals surface area contributed by atoms with Crippen LogP contribution in [0.1, 0.15) is 16.9 Å². The summed E-state index contributed by atoms with van der Waals surface area (Å²) < 4.78 is 5.17. The Morgan fingerprint density at radius 1 is 1.69 bits per heavy atom. The summed E-state index contributed by atoms with van der Waals surface area (Å²) in [5, 5.41) is 3.71. The zero-order valence-electron chi connectivity index (χ0n) is 8.78. The van der Waals surface area contributed by atoms with E-state index in [1.54, 1.807) is 6.07 Å². The molecule has 1 aliphatic rings. The number of nitrogens with zero attached hydrogens (tertiary/aromatic N) is 1. The van der Waals surface area contributed by atoms with E-state index >= 15 is 0 Å². The average Bonchev–Trinajstić information content (AvgIpc) is 2.78. The van der Waals surface area contributed by atoms with Crippen LogP contribution in [-0.4, -0.2) is 30.6 Å². The largest absolute Gasteiger partial charge is 0.461 e. The number of pyridine rings is 1. The van der Waals surface area contributed by atoms with Crippen molar-refractivity contribution < 1.29 is 9.53 Å². The smallest absolute Gasteiger partial charge is 0.356 e. The molecule has 0 radical (unpaired) electrons. The summed E-state index contributed by atoms with van der Waals surface area (Å²) in [6.45, 7) is 2.36. The lowest BCUT2D eigenvalue weighted by Gasteiger charge is -2.08. The molecule has 0 spiro atoms. The van der Waals surface area contributed by atoms with E-state index in [-0.39, 0.29) is 5.69 Å². The lowest BCUT2D eigenvalue weighted by molar-refractivity contribution is 0.0443. The van der Waals surface area contributed by atoms with E-state index in [1.807, 2.05) is 0 Å². The van der Waals surface area contributed by atoms with Crippen LogP contribution in [0.15, 0.2) is 18.3 Å². The topological polar surface area (TPSA) is 51.2 Å². The summed E-state index contributed by atoms with van der Waals surface area (Å²) in [6, 6.07) is 3.13. The van der Waals surface area contributed by atoms with Gasteiger partial charge >= 0.3 is 5.97 Å². The van der Waals surface area contributed by atoms with Gasteiger partial charge in [-0.25, -0.2) is 9.78 Å². The fourth-order valence-corrected chi connectivity index (χ4v) is 1.80. The highest BCUT2D eigenvalue weighted by atomic mass is 35.5. The maximum atomic E-state index is 11.6. The molecule has 1 aromatic heterocycles. The number of aromatic nitrogens is 1. The standard InChI is InChI=1S/C11H13ClN2O2/c12-9-2-4-14-10(5-9)11(15)16-7-8-1-3-13-6-8/h2,4-5,8,13H,1,3,6-7H2/t8-/m0/s1. The van der Waals surface area contributed by atoms with Crippen molar-refractivity contribution in [1.29, 1.82) is 0 Å². The van der Waals surface area contributed by atoms with Crippen LogP contribution in [-0.2, 0) is 4.74 Å². The third-order valence-electron chi connectivity index (χ3n) is 2.54. The Kier molecular flexibility index (Phi) is 3.74. The lowest BCUT2D eigenvalue weighted by atomic mass is 10.1. The van der Waals surface area contributed by atoms with E-state index < -0.39 is 5.97 Å². The van der Waals surface area contributed by atoms with E-state index in [2.05, 4.69) is 10.3 Å². The van der Waals surface area contributed by atoms with Gasteiger partial charge in [-0.1, -0.05) is 11.6 Å². The molecule has 86 valence electrons. The van der Waals surface area contributed by atoms with Crippen molar-refractivity contribution in [2.45, 2.75) is 6.42 Å². The zero-order valence-corrected chi connectivity index (χ0v) is 9.54. The van der Waals surface area contributed by atoms with Crippen LogP contribution in [0.2, 0.25) is 5.02 Å². The van der Waals surface area contributed by atoms with Crippen molar-refractivity contribution in [3.8, 4) is 0 Å². The number of rotatable bonds is 3. The molecule has 1 aliphatic heterocycles. The number of ether oxygens (including phenoxy) is 1. The van der Waals surface area contributed by atoms with Crippen molar-refractivity contribution in [1.82, 2.24) is 10.3 Å². The second-order valence-electron chi connectivity index (χ2n) is 3.82. The normalized spacial score (nSPS) is 19.7. The molecule has 1 atom stereocenters. The number of esters is 1. The van der Waals surface area contributed by atoms with E-state index in [0.717, 1.165) is 19.5 Å². The molecule has 1 fully saturated rings. The Labute approximate surface area is 99.0 Å². The molecule has 2 rings (SSSR count). The molecule has 0 aliphatic carbocycles. The van der Waals surface area contributed by atoms with Crippen molar-refractivity contribution >= 4 is 17.6 Å². The third-order valence-corrected chi connectivity index (χ3v) is 2.78. The highest BCUT2D eigenvalue weighted by Gasteiger charge is 2.17. The van der Waals surface area contributed by atoms with E-state index in [9.17, 15) is 4.79 Å². The maximum absolute atomic E-state index is 11.6.